The first-order chi connectivity index (χ1) is 17.5. The third-order valence-corrected chi connectivity index (χ3v) is 8.30. The monoisotopic (exact) mass is 565 g/mol. The second-order valence-corrected chi connectivity index (χ2v) is 11.0. The molecule has 0 bridgehead atoms. The molecule has 0 saturated heterocycles. The molecule has 0 radical (unpaired) electrons. The summed E-state index contributed by atoms with van der Waals surface area (Å²) in [5.74, 6) is -2.08. The molecule has 1 N–H and O–H groups in total. The largest absolute Gasteiger partial charge is 0.357 e. The Morgan fingerprint density at radius 3 is 2.14 bits per heavy atom. The number of anilines is 1. The van der Waals surface area contributed by atoms with E-state index >= 15 is 0 Å². The summed E-state index contributed by atoms with van der Waals surface area (Å²) in [6.07, 6.45) is 0. The highest BCUT2D eigenvalue weighted by Crippen LogP contribution is 2.29. The average molecular weight is 566 g/mol. The number of aryl methyl sites for hydroxylation is 1. The molecule has 0 aliphatic carbocycles. The Hall–Kier alpha value is -3.14. The topological polar surface area (TPSA) is 86.8 Å². The number of amides is 2. The minimum Gasteiger partial charge on any atom is -0.357 e. The van der Waals surface area contributed by atoms with Gasteiger partial charge in [0.25, 0.3) is 10.0 Å². The molecule has 0 aliphatic rings. The Labute approximate surface area is 225 Å². The number of hydrogen-bond donors (Lipinski definition) is 1. The number of halogens is 3. The quantitative estimate of drug-likeness (QED) is 0.403. The van der Waals surface area contributed by atoms with Crippen LogP contribution in [0.5, 0.6) is 0 Å². The van der Waals surface area contributed by atoms with Crippen LogP contribution in [0.3, 0.4) is 0 Å². The summed E-state index contributed by atoms with van der Waals surface area (Å²) in [4.78, 5) is 27.2. The molecule has 37 heavy (non-hydrogen) atoms. The van der Waals surface area contributed by atoms with E-state index in [0.717, 1.165) is 16.5 Å². The average Bonchev–Trinajstić information content (AvgIpc) is 2.87. The molecule has 11 heteroatoms. The maximum atomic E-state index is 14.9. The van der Waals surface area contributed by atoms with Gasteiger partial charge in [-0.2, -0.15) is 0 Å². The van der Waals surface area contributed by atoms with Crippen LogP contribution in [0.15, 0.2) is 71.6 Å². The molecule has 0 aromatic heterocycles. The fraction of sp³-hybridized carbons (Fsp3) is 0.231. The first-order valence-corrected chi connectivity index (χ1v) is 13.4. The second kappa shape index (κ2) is 11.9. The van der Waals surface area contributed by atoms with Gasteiger partial charge in [0.1, 0.15) is 18.4 Å². The van der Waals surface area contributed by atoms with E-state index in [-0.39, 0.29) is 27.2 Å². The number of nitrogens with zero attached hydrogens (tertiary/aromatic N) is 2. The number of likely N-dealkylation sites (N-methyl/N-ethyl adjacent to an activating group) is 1. The van der Waals surface area contributed by atoms with Crippen LogP contribution in [0.4, 0.5) is 10.1 Å². The van der Waals surface area contributed by atoms with Crippen molar-refractivity contribution in [3.8, 4) is 0 Å². The van der Waals surface area contributed by atoms with Crippen molar-refractivity contribution in [3.05, 3.63) is 93.7 Å². The van der Waals surface area contributed by atoms with Crippen LogP contribution in [-0.2, 0) is 26.2 Å². The second-order valence-electron chi connectivity index (χ2n) is 8.29. The zero-order valence-corrected chi connectivity index (χ0v) is 22.7. The summed E-state index contributed by atoms with van der Waals surface area (Å²) in [6.45, 7) is 2.33. The van der Waals surface area contributed by atoms with E-state index in [9.17, 15) is 22.4 Å². The molecule has 3 rings (SSSR count). The lowest BCUT2D eigenvalue weighted by atomic mass is 10.1. The maximum Gasteiger partial charge on any atom is 0.264 e. The molecule has 0 aliphatic heterocycles. The molecule has 1 unspecified atom stereocenters. The van der Waals surface area contributed by atoms with Crippen molar-refractivity contribution in [3.63, 3.8) is 0 Å². The van der Waals surface area contributed by atoms with Gasteiger partial charge in [0.15, 0.2) is 0 Å². The van der Waals surface area contributed by atoms with E-state index in [2.05, 4.69) is 5.32 Å². The van der Waals surface area contributed by atoms with Gasteiger partial charge in [-0.1, -0.05) is 59.1 Å². The smallest absolute Gasteiger partial charge is 0.264 e. The maximum absolute atomic E-state index is 14.9. The highest BCUT2D eigenvalue weighted by Gasteiger charge is 2.33. The van der Waals surface area contributed by atoms with E-state index in [1.165, 1.54) is 44.3 Å². The molecule has 3 aromatic carbocycles. The first kappa shape index (κ1) is 28.4. The SMILES string of the molecule is CNC(=O)C(C)N(Cc1c(Cl)cccc1Cl)C(=O)CN(c1ccccc1F)S(=O)(=O)c1ccc(C)cc1. The molecular weight excluding hydrogens is 540 g/mol. The van der Waals surface area contributed by atoms with E-state index in [1.807, 2.05) is 0 Å². The van der Waals surface area contributed by atoms with Gasteiger partial charge < -0.3 is 10.2 Å². The number of nitrogens with one attached hydrogen (secondary N) is 1. The molecule has 196 valence electrons. The Kier molecular flexibility index (Phi) is 9.17. The number of rotatable bonds is 9. The Morgan fingerprint density at radius 1 is 0.973 bits per heavy atom. The van der Waals surface area contributed by atoms with Gasteiger partial charge in [-0.05, 0) is 50.2 Å². The normalized spacial score (nSPS) is 12.1. The lowest BCUT2D eigenvalue weighted by Crippen LogP contribution is -2.51. The van der Waals surface area contributed by atoms with E-state index in [1.54, 1.807) is 37.3 Å². The predicted molar refractivity (Wildman–Crippen MR) is 143 cm³/mol. The number of carbonyl (C=O) groups is 2. The summed E-state index contributed by atoms with van der Waals surface area (Å²) in [5, 5.41) is 3.02. The van der Waals surface area contributed by atoms with E-state index in [0.29, 0.717) is 9.87 Å². The van der Waals surface area contributed by atoms with Crippen molar-refractivity contribution in [2.75, 3.05) is 17.9 Å². The fourth-order valence-corrected chi connectivity index (χ4v) is 5.59. The summed E-state index contributed by atoms with van der Waals surface area (Å²) in [7, 11) is -2.96. The number of para-hydroxylation sites is 1. The molecule has 7 nitrogen and oxygen atoms in total. The summed E-state index contributed by atoms with van der Waals surface area (Å²) >= 11 is 12.6. The van der Waals surface area contributed by atoms with Crippen molar-refractivity contribution in [1.82, 2.24) is 10.2 Å². The van der Waals surface area contributed by atoms with Crippen molar-refractivity contribution >= 4 is 50.7 Å². The highest BCUT2D eigenvalue weighted by atomic mass is 35.5. The van der Waals surface area contributed by atoms with Gasteiger partial charge in [-0.25, -0.2) is 12.8 Å². The minimum atomic E-state index is -4.37. The molecule has 0 fully saturated rings. The van der Waals surface area contributed by atoms with Crippen molar-refractivity contribution in [2.24, 2.45) is 0 Å². The molecule has 0 saturated carbocycles. The molecule has 1 atom stereocenters. The lowest BCUT2D eigenvalue weighted by Gasteiger charge is -2.32. The first-order valence-electron chi connectivity index (χ1n) is 11.2. The predicted octanol–water partition coefficient (Wildman–Crippen LogP) is 4.80. The number of sulfonamides is 1. The third kappa shape index (κ3) is 6.41. The van der Waals surface area contributed by atoms with Gasteiger partial charge in [-0.3, -0.25) is 13.9 Å². The van der Waals surface area contributed by atoms with Crippen LogP contribution in [0, 0.1) is 12.7 Å². The van der Waals surface area contributed by atoms with Crippen LogP contribution in [0.1, 0.15) is 18.1 Å². The minimum absolute atomic E-state index is 0.116. The van der Waals surface area contributed by atoms with Crippen LogP contribution < -0.4 is 9.62 Å². The van der Waals surface area contributed by atoms with Crippen LogP contribution in [0.25, 0.3) is 0 Å². The molecular formula is C26H26Cl2FN3O4S. The summed E-state index contributed by atoms with van der Waals surface area (Å²) in [6, 6.07) is 15.0. The Bertz CT molecular complexity index is 1380. The summed E-state index contributed by atoms with van der Waals surface area (Å²) < 4.78 is 42.9. The van der Waals surface area contributed by atoms with Gasteiger partial charge in [0.05, 0.1) is 10.6 Å². The zero-order valence-electron chi connectivity index (χ0n) is 20.4. The number of hydrogen-bond acceptors (Lipinski definition) is 4. The fourth-order valence-electron chi connectivity index (χ4n) is 3.65. The van der Waals surface area contributed by atoms with Crippen molar-refractivity contribution < 1.29 is 22.4 Å². The Morgan fingerprint density at radius 2 is 1.57 bits per heavy atom. The van der Waals surface area contributed by atoms with Crippen LogP contribution in [-0.4, -0.2) is 44.8 Å². The molecule has 3 aromatic rings. The van der Waals surface area contributed by atoms with Gasteiger partial charge in [0, 0.05) is 29.2 Å². The van der Waals surface area contributed by atoms with Crippen LogP contribution in [0.2, 0.25) is 10.0 Å². The summed E-state index contributed by atoms with van der Waals surface area (Å²) in [5.41, 5.74) is 0.906. The number of benzene rings is 3. The van der Waals surface area contributed by atoms with E-state index < -0.39 is 40.2 Å². The standard InChI is InChI=1S/C26H26Cl2FN3O4S/c1-17-11-13-19(14-12-17)37(35,36)32(24-10-5-4-9-23(24)29)16-25(33)31(18(2)26(34)30-3)15-20-21(27)7-6-8-22(20)28/h4-14,18H,15-16H2,1-3H3,(H,30,34). The third-order valence-electron chi connectivity index (χ3n) is 5.81. The van der Waals surface area contributed by atoms with E-state index in [4.69, 9.17) is 23.2 Å². The van der Waals surface area contributed by atoms with Crippen molar-refractivity contribution in [1.29, 1.82) is 0 Å². The lowest BCUT2D eigenvalue weighted by molar-refractivity contribution is -0.139. The van der Waals surface area contributed by atoms with Gasteiger partial charge >= 0.3 is 0 Å². The van der Waals surface area contributed by atoms with Gasteiger partial charge in [-0.15, -0.1) is 0 Å². The molecule has 0 heterocycles. The van der Waals surface area contributed by atoms with Crippen LogP contribution >= 0.6 is 23.2 Å². The van der Waals surface area contributed by atoms with Crippen molar-refractivity contribution in [2.45, 2.75) is 31.3 Å². The number of carbonyl (C=O) groups excluding carboxylic acids is 2. The molecule has 2 amide bonds. The highest BCUT2D eigenvalue weighted by molar-refractivity contribution is 7.92. The molecule has 0 spiro atoms. The van der Waals surface area contributed by atoms with Gasteiger partial charge in [0.2, 0.25) is 11.8 Å². The Balaban J connectivity index is 2.08. The zero-order chi connectivity index (χ0) is 27.3.